The number of guanidine groups is 1. The number of rotatable bonds is 6. The second-order valence-corrected chi connectivity index (χ2v) is 7.87. The van der Waals surface area contributed by atoms with Crippen molar-refractivity contribution in [2.45, 2.75) is 38.4 Å². The Morgan fingerprint density at radius 1 is 1.23 bits per heavy atom. The highest BCUT2D eigenvalue weighted by Gasteiger charge is 2.32. The molecule has 2 aromatic rings. The van der Waals surface area contributed by atoms with Gasteiger partial charge in [0.15, 0.2) is 5.96 Å². The van der Waals surface area contributed by atoms with Crippen molar-refractivity contribution in [2.24, 2.45) is 4.99 Å². The number of halogens is 4. The van der Waals surface area contributed by atoms with E-state index in [-0.39, 0.29) is 29.9 Å². The predicted octanol–water partition coefficient (Wildman–Crippen LogP) is 3.57. The minimum Gasteiger partial charge on any atom is -0.354 e. The summed E-state index contributed by atoms with van der Waals surface area (Å²) in [4.78, 5) is 19.7. The topological polar surface area (TPSA) is 78.3 Å². The molecule has 0 unspecified atom stereocenters. The summed E-state index contributed by atoms with van der Waals surface area (Å²) in [6.07, 6.45) is 1.22. The van der Waals surface area contributed by atoms with Gasteiger partial charge in [-0.3, -0.25) is 4.99 Å². The van der Waals surface area contributed by atoms with Crippen molar-refractivity contribution in [3.8, 4) is 0 Å². The summed E-state index contributed by atoms with van der Waals surface area (Å²) in [5.41, 5.74) is 0.266. The van der Waals surface area contributed by atoms with Gasteiger partial charge >= 0.3 is 6.18 Å². The Labute approximate surface area is 194 Å². The second-order valence-electron chi connectivity index (χ2n) is 6.70. The van der Waals surface area contributed by atoms with E-state index in [9.17, 15) is 13.2 Å². The van der Waals surface area contributed by atoms with E-state index in [1.807, 2.05) is 11.9 Å². The molecule has 30 heavy (non-hydrogen) atoms. The molecule has 0 bridgehead atoms. The van der Waals surface area contributed by atoms with Crippen LogP contribution in [0.25, 0.3) is 0 Å². The summed E-state index contributed by atoms with van der Waals surface area (Å²) in [7, 11) is 3.62. The minimum atomic E-state index is -4.49. The van der Waals surface area contributed by atoms with Gasteiger partial charge in [-0.25, -0.2) is 15.0 Å². The van der Waals surface area contributed by atoms with E-state index >= 15 is 0 Å². The van der Waals surface area contributed by atoms with Crippen molar-refractivity contribution < 1.29 is 13.2 Å². The number of fused-ring (bicyclic) bond motifs is 1. The van der Waals surface area contributed by atoms with E-state index in [1.165, 1.54) is 23.4 Å². The number of hydrogen-bond donors (Lipinski definition) is 2. The van der Waals surface area contributed by atoms with Gasteiger partial charge in [0.05, 0.1) is 12.2 Å². The smallest absolute Gasteiger partial charge is 0.354 e. The zero-order valence-corrected chi connectivity index (χ0v) is 19.9. The van der Waals surface area contributed by atoms with Crippen molar-refractivity contribution in [1.82, 2.24) is 25.2 Å². The average Bonchev–Trinajstić information content (AvgIpc) is 3.09. The fraction of sp³-hybridized carbons (Fsp3) is 0.556. The highest BCUT2D eigenvalue weighted by atomic mass is 127. The van der Waals surface area contributed by atoms with Crippen molar-refractivity contribution in [2.75, 3.05) is 32.5 Å². The summed E-state index contributed by atoms with van der Waals surface area (Å²) in [5, 5.41) is 7.04. The van der Waals surface area contributed by atoms with E-state index in [0.717, 1.165) is 30.1 Å². The first-order valence-corrected chi connectivity index (χ1v) is 10.2. The molecule has 2 N–H and O–H groups in total. The molecule has 0 aromatic carbocycles. The lowest BCUT2D eigenvalue weighted by molar-refractivity contribution is -0.141. The maximum atomic E-state index is 12.7. The van der Waals surface area contributed by atoms with Gasteiger partial charge in [-0.2, -0.15) is 13.2 Å². The van der Waals surface area contributed by atoms with Crippen molar-refractivity contribution in [1.29, 1.82) is 0 Å². The van der Waals surface area contributed by atoms with Crippen LogP contribution in [0.2, 0.25) is 0 Å². The lowest BCUT2D eigenvalue weighted by Gasteiger charge is -2.21. The largest absolute Gasteiger partial charge is 0.433 e. The van der Waals surface area contributed by atoms with Crippen LogP contribution in [0.4, 0.5) is 19.1 Å². The molecular weight excluding hydrogens is 530 g/mol. The Kier molecular flexibility index (Phi) is 9.07. The number of anilines is 1. The molecule has 2 heterocycles. The third kappa shape index (κ3) is 6.65. The number of nitrogens with zero attached hydrogens (tertiary/aromatic N) is 5. The molecule has 12 heteroatoms. The van der Waals surface area contributed by atoms with Gasteiger partial charge in [0.25, 0.3) is 0 Å². The normalized spacial score (nSPS) is 14.0. The Morgan fingerprint density at radius 2 is 2.00 bits per heavy atom. The lowest BCUT2D eigenvalue weighted by atomic mass is 10.0. The lowest BCUT2D eigenvalue weighted by Crippen LogP contribution is -2.40. The molecule has 0 atom stereocenters. The third-order valence-corrected chi connectivity index (χ3v) is 5.62. The third-order valence-electron chi connectivity index (χ3n) is 4.47. The number of alkyl halides is 3. The van der Waals surface area contributed by atoms with Crippen LogP contribution in [-0.2, 0) is 25.6 Å². The van der Waals surface area contributed by atoms with Crippen LogP contribution in [0.5, 0.6) is 0 Å². The van der Waals surface area contributed by atoms with Crippen LogP contribution in [0.3, 0.4) is 0 Å². The van der Waals surface area contributed by atoms with Gasteiger partial charge in [0.1, 0.15) is 10.7 Å². The maximum absolute atomic E-state index is 12.7. The Bertz CT molecular complexity index is 833. The highest BCUT2D eigenvalue weighted by Crippen LogP contribution is 2.28. The monoisotopic (exact) mass is 555 g/mol. The van der Waals surface area contributed by atoms with Crippen LogP contribution in [-0.4, -0.2) is 53.0 Å². The van der Waals surface area contributed by atoms with Crippen LogP contribution >= 0.6 is 35.3 Å². The summed E-state index contributed by atoms with van der Waals surface area (Å²) in [6.45, 7) is 1.45. The Balaban J connectivity index is 0.00000320. The van der Waals surface area contributed by atoms with E-state index in [4.69, 9.17) is 4.98 Å². The van der Waals surface area contributed by atoms with E-state index in [1.54, 1.807) is 18.4 Å². The number of aryl methyl sites for hydroxylation is 2. The van der Waals surface area contributed by atoms with Crippen LogP contribution in [0.15, 0.2) is 17.3 Å². The molecule has 7 nitrogen and oxygen atoms in total. The average molecular weight is 555 g/mol. The van der Waals surface area contributed by atoms with E-state index in [0.29, 0.717) is 25.6 Å². The summed E-state index contributed by atoms with van der Waals surface area (Å²) < 4.78 is 38.1. The SMILES string of the molecule is CN=C(NCCNc1nccc(C(F)(F)F)n1)N(C)Cc1nc2c(s1)CCCC2.I. The number of aliphatic imine (C=N–C) groups is 1. The van der Waals surface area contributed by atoms with Crippen LogP contribution < -0.4 is 10.6 Å². The predicted molar refractivity (Wildman–Crippen MR) is 123 cm³/mol. The number of hydrogen-bond acceptors (Lipinski definition) is 6. The fourth-order valence-electron chi connectivity index (χ4n) is 3.09. The summed E-state index contributed by atoms with van der Waals surface area (Å²) in [5.74, 6) is 0.628. The molecule has 2 aromatic heterocycles. The molecule has 1 aliphatic rings. The van der Waals surface area contributed by atoms with Gasteiger partial charge in [0, 0.05) is 38.3 Å². The summed E-state index contributed by atoms with van der Waals surface area (Å²) >= 11 is 1.76. The van der Waals surface area contributed by atoms with Gasteiger partial charge in [-0.05, 0) is 31.7 Å². The Morgan fingerprint density at radius 3 is 2.70 bits per heavy atom. The van der Waals surface area contributed by atoms with Crippen molar-refractivity contribution >= 4 is 47.2 Å². The van der Waals surface area contributed by atoms with Crippen molar-refractivity contribution in [3.63, 3.8) is 0 Å². The molecular formula is C18H25F3IN7S. The summed E-state index contributed by atoms with van der Waals surface area (Å²) in [6, 6.07) is 0.844. The van der Waals surface area contributed by atoms with Crippen LogP contribution in [0, 0.1) is 0 Å². The Hall–Kier alpha value is -1.70. The first-order valence-electron chi connectivity index (χ1n) is 9.40. The quantitative estimate of drug-likeness (QED) is 0.246. The maximum Gasteiger partial charge on any atom is 0.433 e. The zero-order valence-electron chi connectivity index (χ0n) is 16.8. The van der Waals surface area contributed by atoms with Crippen molar-refractivity contribution in [3.05, 3.63) is 33.5 Å². The first-order chi connectivity index (χ1) is 13.9. The molecule has 0 saturated heterocycles. The molecule has 0 fully saturated rings. The molecule has 0 spiro atoms. The standard InChI is InChI=1S/C18H24F3N7S.HI/c1-22-17(28(2)11-15-26-12-5-3-4-6-13(12)29-15)25-10-9-24-16-23-8-7-14(27-16)18(19,20)21;/h7-8H,3-6,9-11H2,1-2H3,(H,22,25)(H,23,24,27);1H. The first kappa shape index (κ1) is 24.6. The molecule has 0 radical (unpaired) electrons. The number of thiazole rings is 1. The number of nitrogens with one attached hydrogen (secondary N) is 2. The van der Waals surface area contributed by atoms with Gasteiger partial charge in [-0.1, -0.05) is 0 Å². The highest BCUT2D eigenvalue weighted by molar-refractivity contribution is 14.0. The minimum absolute atomic E-state index is 0. The van der Waals surface area contributed by atoms with Crippen LogP contribution in [0.1, 0.15) is 34.1 Å². The fourth-order valence-corrected chi connectivity index (χ4v) is 4.30. The second kappa shape index (κ2) is 11.1. The van der Waals surface area contributed by atoms with E-state index < -0.39 is 11.9 Å². The van der Waals surface area contributed by atoms with E-state index in [2.05, 4.69) is 25.6 Å². The number of aromatic nitrogens is 3. The van der Waals surface area contributed by atoms with Gasteiger partial charge in [0.2, 0.25) is 5.95 Å². The zero-order chi connectivity index (χ0) is 20.9. The molecule has 166 valence electrons. The molecule has 1 aliphatic carbocycles. The molecule has 0 amide bonds. The molecule has 0 saturated carbocycles. The molecule has 0 aliphatic heterocycles. The van der Waals surface area contributed by atoms with Gasteiger partial charge in [-0.15, -0.1) is 35.3 Å². The molecule has 3 rings (SSSR count). The van der Waals surface area contributed by atoms with Gasteiger partial charge < -0.3 is 15.5 Å².